The molecule has 0 heterocycles. The summed E-state index contributed by atoms with van der Waals surface area (Å²) in [7, 11) is 0. The van der Waals surface area contributed by atoms with E-state index in [0.717, 1.165) is 49.7 Å². The summed E-state index contributed by atoms with van der Waals surface area (Å²) in [5, 5.41) is 25.2. The van der Waals surface area contributed by atoms with Crippen molar-refractivity contribution in [3.8, 4) is 33.8 Å². The van der Waals surface area contributed by atoms with Crippen molar-refractivity contribution < 1.29 is 10.2 Å². The Hall–Kier alpha value is -2.97. The molecule has 0 unspecified atom stereocenters. The Kier molecular flexibility index (Phi) is 5.94. The summed E-state index contributed by atoms with van der Waals surface area (Å²) in [5.74, 6) is 0.616. The highest BCUT2D eigenvalue weighted by molar-refractivity contribution is 6.31. The Bertz CT molecular complexity index is 1370. The van der Waals surface area contributed by atoms with Gasteiger partial charge in [-0.05, 0) is 81.1 Å². The van der Waals surface area contributed by atoms with Crippen LogP contribution in [0.25, 0.3) is 33.0 Å². The Labute approximate surface area is 207 Å². The van der Waals surface area contributed by atoms with Gasteiger partial charge in [-0.1, -0.05) is 83.5 Å². The zero-order valence-corrected chi connectivity index (χ0v) is 21.8. The van der Waals surface area contributed by atoms with E-state index in [4.69, 9.17) is 11.6 Å². The molecule has 0 aliphatic heterocycles. The van der Waals surface area contributed by atoms with Crippen LogP contribution in [0.3, 0.4) is 0 Å². The van der Waals surface area contributed by atoms with Crippen LogP contribution in [0.4, 0.5) is 0 Å². The molecule has 3 heteroatoms. The third-order valence-electron chi connectivity index (χ3n) is 6.58. The number of halogens is 1. The van der Waals surface area contributed by atoms with Gasteiger partial charge < -0.3 is 10.2 Å². The summed E-state index contributed by atoms with van der Waals surface area (Å²) >= 11 is 6.50. The average Bonchev–Trinajstić information content (AvgIpc) is 2.75. The topological polar surface area (TPSA) is 40.5 Å². The largest absolute Gasteiger partial charge is 0.507 e. The van der Waals surface area contributed by atoms with Gasteiger partial charge >= 0.3 is 0 Å². The molecule has 4 aromatic rings. The van der Waals surface area contributed by atoms with Crippen molar-refractivity contribution in [1.82, 2.24) is 0 Å². The minimum absolute atomic E-state index is 0.249. The molecule has 0 fully saturated rings. The predicted molar refractivity (Wildman–Crippen MR) is 145 cm³/mol. The van der Waals surface area contributed by atoms with Gasteiger partial charge in [0.15, 0.2) is 0 Å². The van der Waals surface area contributed by atoms with Crippen molar-refractivity contribution in [3.05, 3.63) is 82.4 Å². The number of phenols is 2. The number of fused-ring (bicyclic) bond motifs is 1. The number of hydrogen-bond donors (Lipinski definition) is 2. The van der Waals surface area contributed by atoms with Gasteiger partial charge in [-0.2, -0.15) is 0 Å². The van der Waals surface area contributed by atoms with Gasteiger partial charge in [0.2, 0.25) is 0 Å². The maximum Gasteiger partial charge on any atom is 0.126 e. The van der Waals surface area contributed by atoms with Gasteiger partial charge in [0, 0.05) is 21.7 Å². The van der Waals surface area contributed by atoms with Gasteiger partial charge in [0.25, 0.3) is 0 Å². The van der Waals surface area contributed by atoms with E-state index in [1.807, 2.05) is 49.4 Å². The first-order valence-corrected chi connectivity index (χ1v) is 12.1. The van der Waals surface area contributed by atoms with E-state index in [-0.39, 0.29) is 16.6 Å². The van der Waals surface area contributed by atoms with Crippen molar-refractivity contribution in [2.24, 2.45) is 0 Å². The molecule has 2 nitrogen and oxygen atoms in total. The number of benzene rings is 4. The SMILES string of the molecule is Cc1c(O)c(-c2ccc(Cl)cc2-c2cc(C(C)(C)C)c(O)c(C(C)(C)C)c2)cc2ccccc12. The number of rotatable bonds is 2. The smallest absolute Gasteiger partial charge is 0.126 e. The van der Waals surface area contributed by atoms with Crippen molar-refractivity contribution in [2.45, 2.75) is 59.3 Å². The molecule has 0 saturated carbocycles. The standard InChI is InChI=1S/C31H33ClO2/c1-18-22-11-9-8-10-19(22)14-25(28(18)33)23-13-12-21(32)17-24(23)20-15-26(30(2,3)4)29(34)27(16-20)31(5,6)7/h8-17,33-34H,1-7H3. The van der Waals surface area contributed by atoms with Crippen LogP contribution < -0.4 is 0 Å². The molecule has 0 bridgehead atoms. The third kappa shape index (κ3) is 4.28. The van der Waals surface area contributed by atoms with E-state index >= 15 is 0 Å². The second-order valence-electron chi connectivity index (χ2n) is 11.2. The summed E-state index contributed by atoms with van der Waals surface area (Å²) in [4.78, 5) is 0. The lowest BCUT2D eigenvalue weighted by Gasteiger charge is -2.28. The Morgan fingerprint density at radius 3 is 1.82 bits per heavy atom. The van der Waals surface area contributed by atoms with E-state index in [0.29, 0.717) is 10.8 Å². The van der Waals surface area contributed by atoms with Gasteiger partial charge in [0.1, 0.15) is 11.5 Å². The third-order valence-corrected chi connectivity index (χ3v) is 6.82. The van der Waals surface area contributed by atoms with E-state index < -0.39 is 0 Å². The average molecular weight is 473 g/mol. The number of aryl methyl sites for hydroxylation is 1. The van der Waals surface area contributed by atoms with E-state index in [1.54, 1.807) is 0 Å². The van der Waals surface area contributed by atoms with Crippen molar-refractivity contribution in [1.29, 1.82) is 0 Å². The highest BCUT2D eigenvalue weighted by Gasteiger charge is 2.27. The molecule has 0 aliphatic carbocycles. The van der Waals surface area contributed by atoms with Gasteiger partial charge in [-0.15, -0.1) is 0 Å². The van der Waals surface area contributed by atoms with Crippen LogP contribution in [-0.4, -0.2) is 10.2 Å². The Balaban J connectivity index is 2.07. The minimum atomic E-state index is -0.249. The molecular weight excluding hydrogens is 440 g/mol. The zero-order chi connectivity index (χ0) is 25.0. The molecule has 0 spiro atoms. The molecule has 4 aromatic carbocycles. The molecule has 0 aliphatic rings. The number of aromatic hydroxyl groups is 2. The van der Waals surface area contributed by atoms with Crippen LogP contribution in [0.2, 0.25) is 5.02 Å². The lowest BCUT2D eigenvalue weighted by atomic mass is 9.77. The van der Waals surface area contributed by atoms with Gasteiger partial charge in [-0.3, -0.25) is 0 Å². The maximum absolute atomic E-state index is 11.2. The molecule has 0 atom stereocenters. The summed E-state index contributed by atoms with van der Waals surface area (Å²) in [6.45, 7) is 14.6. The van der Waals surface area contributed by atoms with Crippen molar-refractivity contribution >= 4 is 22.4 Å². The molecule has 0 radical (unpaired) electrons. The first-order valence-electron chi connectivity index (χ1n) is 11.7. The molecule has 2 N–H and O–H groups in total. The quantitative estimate of drug-likeness (QED) is 0.305. The molecule has 0 amide bonds. The molecule has 0 saturated heterocycles. The molecule has 4 rings (SSSR count). The monoisotopic (exact) mass is 472 g/mol. The Morgan fingerprint density at radius 2 is 1.24 bits per heavy atom. The van der Waals surface area contributed by atoms with Crippen LogP contribution in [-0.2, 0) is 10.8 Å². The van der Waals surface area contributed by atoms with Crippen molar-refractivity contribution in [2.75, 3.05) is 0 Å². The second-order valence-corrected chi connectivity index (χ2v) is 11.7. The first kappa shape index (κ1) is 24.2. The summed E-state index contributed by atoms with van der Waals surface area (Å²) in [6.07, 6.45) is 0. The van der Waals surface area contributed by atoms with Crippen LogP contribution in [0.1, 0.15) is 58.2 Å². The van der Waals surface area contributed by atoms with E-state index in [1.165, 1.54) is 0 Å². The van der Waals surface area contributed by atoms with E-state index in [9.17, 15) is 10.2 Å². The summed E-state index contributed by atoms with van der Waals surface area (Å²) < 4.78 is 0. The normalized spacial score (nSPS) is 12.4. The van der Waals surface area contributed by atoms with Gasteiger partial charge in [0.05, 0.1) is 0 Å². The van der Waals surface area contributed by atoms with Gasteiger partial charge in [-0.25, -0.2) is 0 Å². The summed E-state index contributed by atoms with van der Waals surface area (Å²) in [5.41, 5.74) is 5.70. The fourth-order valence-corrected chi connectivity index (χ4v) is 4.82. The lowest BCUT2D eigenvalue weighted by molar-refractivity contribution is 0.423. The van der Waals surface area contributed by atoms with Crippen LogP contribution in [0, 0.1) is 6.92 Å². The molecular formula is C31H33ClO2. The highest BCUT2D eigenvalue weighted by Crippen LogP contribution is 2.46. The van der Waals surface area contributed by atoms with Crippen LogP contribution >= 0.6 is 11.6 Å². The number of phenolic OH excluding ortho intramolecular Hbond substituents is 2. The summed E-state index contributed by atoms with van der Waals surface area (Å²) in [6, 6.07) is 20.0. The predicted octanol–water partition coefficient (Wildman–Crippen LogP) is 9.14. The van der Waals surface area contributed by atoms with Crippen LogP contribution in [0.15, 0.2) is 60.7 Å². The highest BCUT2D eigenvalue weighted by atomic mass is 35.5. The minimum Gasteiger partial charge on any atom is -0.507 e. The Morgan fingerprint density at radius 1 is 0.647 bits per heavy atom. The molecule has 0 aromatic heterocycles. The number of hydrogen-bond acceptors (Lipinski definition) is 2. The second kappa shape index (κ2) is 8.36. The van der Waals surface area contributed by atoms with Crippen LogP contribution in [0.5, 0.6) is 11.5 Å². The molecule has 34 heavy (non-hydrogen) atoms. The fraction of sp³-hybridized carbons (Fsp3) is 0.290. The lowest BCUT2D eigenvalue weighted by Crippen LogP contribution is -2.17. The van der Waals surface area contributed by atoms with Crippen molar-refractivity contribution in [3.63, 3.8) is 0 Å². The van der Waals surface area contributed by atoms with E-state index in [2.05, 4.69) is 59.7 Å². The zero-order valence-electron chi connectivity index (χ0n) is 21.0. The maximum atomic E-state index is 11.2. The molecule has 176 valence electrons. The first-order chi connectivity index (χ1) is 15.8. The fourth-order valence-electron chi connectivity index (χ4n) is 4.65.